The van der Waals surface area contributed by atoms with Crippen molar-refractivity contribution < 1.29 is 14.3 Å². The summed E-state index contributed by atoms with van der Waals surface area (Å²) < 4.78 is 6.74. The van der Waals surface area contributed by atoms with E-state index < -0.39 is 5.97 Å². The van der Waals surface area contributed by atoms with Crippen LogP contribution in [-0.4, -0.2) is 46.3 Å². The summed E-state index contributed by atoms with van der Waals surface area (Å²) in [4.78, 5) is 26.1. The third-order valence-corrected chi connectivity index (χ3v) is 4.51. The SMILES string of the molecule is CCOC(=O)CN1CC(CC)n2nc(-c3ccc(Cl)cc3)cc2C1=O. The molecule has 0 spiro atoms. The van der Waals surface area contributed by atoms with Crippen molar-refractivity contribution >= 4 is 23.5 Å². The Labute approximate surface area is 151 Å². The van der Waals surface area contributed by atoms with Gasteiger partial charge in [-0.05, 0) is 31.5 Å². The number of ether oxygens (including phenoxy) is 1. The first-order chi connectivity index (χ1) is 12.0. The van der Waals surface area contributed by atoms with Crippen molar-refractivity contribution in [2.45, 2.75) is 26.3 Å². The second-order valence-electron chi connectivity index (χ2n) is 5.92. The van der Waals surface area contributed by atoms with Gasteiger partial charge in [0.05, 0.1) is 18.3 Å². The maximum atomic E-state index is 12.8. The first-order valence-corrected chi connectivity index (χ1v) is 8.71. The molecule has 25 heavy (non-hydrogen) atoms. The topological polar surface area (TPSA) is 64.4 Å². The summed E-state index contributed by atoms with van der Waals surface area (Å²) in [5.41, 5.74) is 2.11. The molecule has 1 unspecified atom stereocenters. The van der Waals surface area contributed by atoms with Gasteiger partial charge in [0.2, 0.25) is 0 Å². The number of hydrogen-bond acceptors (Lipinski definition) is 4. The fourth-order valence-corrected chi connectivity index (χ4v) is 3.10. The monoisotopic (exact) mass is 361 g/mol. The zero-order valence-corrected chi connectivity index (χ0v) is 15.0. The van der Waals surface area contributed by atoms with Crippen LogP contribution in [0.5, 0.6) is 0 Å². The lowest BCUT2D eigenvalue weighted by molar-refractivity contribution is -0.144. The molecule has 6 nitrogen and oxygen atoms in total. The zero-order valence-electron chi connectivity index (χ0n) is 14.2. The second-order valence-corrected chi connectivity index (χ2v) is 6.36. The maximum absolute atomic E-state index is 12.8. The van der Waals surface area contributed by atoms with Crippen LogP contribution in [0.15, 0.2) is 30.3 Å². The summed E-state index contributed by atoms with van der Waals surface area (Å²) in [7, 11) is 0. The predicted molar refractivity (Wildman–Crippen MR) is 94.5 cm³/mol. The number of benzene rings is 1. The minimum Gasteiger partial charge on any atom is -0.465 e. The fourth-order valence-electron chi connectivity index (χ4n) is 2.97. The number of esters is 1. The lowest BCUT2D eigenvalue weighted by atomic mass is 10.1. The molecule has 0 radical (unpaired) electrons. The zero-order chi connectivity index (χ0) is 18.0. The summed E-state index contributed by atoms with van der Waals surface area (Å²) in [6.45, 7) is 4.50. The lowest BCUT2D eigenvalue weighted by Crippen LogP contribution is -2.45. The van der Waals surface area contributed by atoms with E-state index in [-0.39, 0.29) is 18.5 Å². The Morgan fingerprint density at radius 3 is 2.68 bits per heavy atom. The summed E-state index contributed by atoms with van der Waals surface area (Å²) in [6.07, 6.45) is 0.807. The number of nitrogens with zero attached hydrogens (tertiary/aromatic N) is 3. The molecular formula is C18H20ClN3O3. The van der Waals surface area contributed by atoms with Crippen LogP contribution >= 0.6 is 11.6 Å². The highest BCUT2D eigenvalue weighted by Gasteiger charge is 2.33. The summed E-state index contributed by atoms with van der Waals surface area (Å²) in [5.74, 6) is -0.595. The van der Waals surface area contributed by atoms with E-state index in [1.54, 1.807) is 29.8 Å². The molecule has 1 aromatic heterocycles. The smallest absolute Gasteiger partial charge is 0.325 e. The van der Waals surface area contributed by atoms with Crippen molar-refractivity contribution in [3.63, 3.8) is 0 Å². The van der Waals surface area contributed by atoms with Crippen LogP contribution in [0.1, 0.15) is 36.8 Å². The molecule has 0 fully saturated rings. The normalized spacial score (nSPS) is 16.7. The highest BCUT2D eigenvalue weighted by Crippen LogP contribution is 2.28. The molecule has 0 saturated heterocycles. The number of rotatable bonds is 5. The van der Waals surface area contributed by atoms with Gasteiger partial charge in [-0.1, -0.05) is 30.7 Å². The Morgan fingerprint density at radius 2 is 2.04 bits per heavy atom. The van der Waals surface area contributed by atoms with Crippen LogP contribution in [0.4, 0.5) is 0 Å². The van der Waals surface area contributed by atoms with Crippen molar-refractivity contribution in [1.29, 1.82) is 0 Å². The lowest BCUT2D eigenvalue weighted by Gasteiger charge is -2.32. The van der Waals surface area contributed by atoms with E-state index in [4.69, 9.17) is 16.3 Å². The Bertz CT molecular complexity index is 785. The number of halogens is 1. The number of carbonyl (C=O) groups excluding carboxylic acids is 2. The Morgan fingerprint density at radius 1 is 1.32 bits per heavy atom. The molecule has 2 aromatic rings. The van der Waals surface area contributed by atoms with Gasteiger partial charge in [0.25, 0.3) is 5.91 Å². The minimum absolute atomic E-state index is 0.0307. The average molecular weight is 362 g/mol. The molecule has 1 aliphatic rings. The van der Waals surface area contributed by atoms with Gasteiger partial charge in [0.15, 0.2) is 0 Å². The molecule has 1 atom stereocenters. The maximum Gasteiger partial charge on any atom is 0.325 e. The average Bonchev–Trinajstić information content (AvgIpc) is 3.04. The number of hydrogen-bond donors (Lipinski definition) is 0. The number of amides is 1. The van der Waals surface area contributed by atoms with E-state index in [2.05, 4.69) is 5.10 Å². The van der Waals surface area contributed by atoms with Crippen LogP contribution in [0.3, 0.4) is 0 Å². The quantitative estimate of drug-likeness (QED) is 0.767. The van der Waals surface area contributed by atoms with Gasteiger partial charge in [-0.25, -0.2) is 0 Å². The van der Waals surface area contributed by atoms with Crippen molar-refractivity contribution in [2.24, 2.45) is 0 Å². The third kappa shape index (κ3) is 3.54. The van der Waals surface area contributed by atoms with Crippen LogP contribution in [-0.2, 0) is 9.53 Å². The summed E-state index contributed by atoms with van der Waals surface area (Å²) in [5, 5.41) is 5.26. The third-order valence-electron chi connectivity index (χ3n) is 4.26. The van der Waals surface area contributed by atoms with Crippen molar-refractivity contribution in [3.8, 4) is 11.3 Å². The second kappa shape index (κ2) is 7.27. The highest BCUT2D eigenvalue weighted by molar-refractivity contribution is 6.30. The number of carbonyl (C=O) groups is 2. The number of aromatic nitrogens is 2. The largest absolute Gasteiger partial charge is 0.465 e. The Hall–Kier alpha value is -2.34. The molecule has 0 bridgehead atoms. The molecular weight excluding hydrogens is 342 g/mol. The van der Waals surface area contributed by atoms with E-state index in [0.717, 1.165) is 17.7 Å². The Balaban J connectivity index is 1.91. The minimum atomic E-state index is -0.392. The molecule has 0 saturated carbocycles. The van der Waals surface area contributed by atoms with Gasteiger partial charge in [-0.15, -0.1) is 0 Å². The predicted octanol–water partition coefficient (Wildman–Crippen LogP) is 3.17. The standard InChI is InChI=1S/C18H20ClN3O3/c1-3-14-10-21(11-17(23)25-4-2)18(24)16-9-15(20-22(14)16)12-5-7-13(19)8-6-12/h5-9,14H,3-4,10-11H2,1-2H3. The summed E-state index contributed by atoms with van der Waals surface area (Å²) >= 11 is 5.93. The van der Waals surface area contributed by atoms with Gasteiger partial charge < -0.3 is 9.64 Å². The van der Waals surface area contributed by atoms with Crippen LogP contribution < -0.4 is 0 Å². The van der Waals surface area contributed by atoms with E-state index in [1.807, 2.05) is 19.1 Å². The van der Waals surface area contributed by atoms with E-state index in [0.29, 0.717) is 23.9 Å². The molecule has 7 heteroatoms. The van der Waals surface area contributed by atoms with Crippen LogP contribution in [0.25, 0.3) is 11.3 Å². The van der Waals surface area contributed by atoms with E-state index >= 15 is 0 Å². The molecule has 0 aliphatic carbocycles. The molecule has 1 aliphatic heterocycles. The first kappa shape index (κ1) is 17.5. The molecule has 132 valence electrons. The first-order valence-electron chi connectivity index (χ1n) is 8.33. The molecule has 1 aromatic carbocycles. The van der Waals surface area contributed by atoms with Gasteiger partial charge >= 0.3 is 5.97 Å². The van der Waals surface area contributed by atoms with Gasteiger partial charge in [0, 0.05) is 17.1 Å². The number of fused-ring (bicyclic) bond motifs is 1. The van der Waals surface area contributed by atoms with Gasteiger partial charge in [-0.3, -0.25) is 14.3 Å². The van der Waals surface area contributed by atoms with Crippen molar-refractivity contribution in [1.82, 2.24) is 14.7 Å². The van der Waals surface area contributed by atoms with Gasteiger partial charge in [0.1, 0.15) is 12.2 Å². The molecule has 1 amide bonds. The molecule has 2 heterocycles. The highest BCUT2D eigenvalue weighted by atomic mass is 35.5. The van der Waals surface area contributed by atoms with Crippen molar-refractivity contribution in [2.75, 3.05) is 19.7 Å². The van der Waals surface area contributed by atoms with Crippen LogP contribution in [0, 0.1) is 0 Å². The summed E-state index contributed by atoms with van der Waals surface area (Å²) in [6, 6.07) is 9.13. The van der Waals surface area contributed by atoms with Crippen molar-refractivity contribution in [3.05, 3.63) is 41.0 Å². The molecule has 0 N–H and O–H groups in total. The van der Waals surface area contributed by atoms with Gasteiger partial charge in [-0.2, -0.15) is 5.10 Å². The van der Waals surface area contributed by atoms with E-state index in [1.165, 1.54) is 4.90 Å². The molecule has 3 rings (SSSR count). The fraction of sp³-hybridized carbons (Fsp3) is 0.389. The van der Waals surface area contributed by atoms with E-state index in [9.17, 15) is 9.59 Å². The Kier molecular flexibility index (Phi) is 5.08. The van der Waals surface area contributed by atoms with Crippen LogP contribution in [0.2, 0.25) is 5.02 Å².